The Kier molecular flexibility index (Phi) is 6.15. The summed E-state index contributed by atoms with van der Waals surface area (Å²) in [4.78, 5) is 2.23. The Balaban J connectivity index is 3.19. The van der Waals surface area contributed by atoms with Gasteiger partial charge in [-0.15, -0.1) is 0 Å². The number of nitrogens with one attached hydrogen (secondary N) is 1. The van der Waals surface area contributed by atoms with E-state index < -0.39 is 0 Å². The van der Waals surface area contributed by atoms with E-state index >= 15 is 0 Å². The molecule has 0 bridgehead atoms. The minimum absolute atomic E-state index is 0.0448. The number of aryl methyl sites for hydroxylation is 1. The summed E-state index contributed by atoms with van der Waals surface area (Å²) in [5, 5.41) is 3.60. The molecular weight excluding hydrogens is 251 g/mol. The molecule has 0 aromatic heterocycles. The van der Waals surface area contributed by atoms with Crippen molar-refractivity contribution in [2.45, 2.75) is 52.1 Å². The molecule has 0 aliphatic rings. The highest BCUT2D eigenvalue weighted by Gasteiger charge is 2.35. The molecule has 1 N–H and O–H groups in total. The van der Waals surface area contributed by atoms with Gasteiger partial charge in [-0.2, -0.15) is 0 Å². The van der Waals surface area contributed by atoms with Gasteiger partial charge in [0.25, 0.3) is 0 Å². The molecule has 0 aliphatic heterocycles. The zero-order chi connectivity index (χ0) is 15.3. The number of hydrogen-bond acceptors (Lipinski definition) is 2. The molecule has 1 aromatic carbocycles. The van der Waals surface area contributed by atoms with E-state index in [0.29, 0.717) is 5.56 Å². The Bertz CT molecular complexity index is 431. The lowest BCUT2D eigenvalue weighted by Crippen LogP contribution is -2.51. The van der Waals surface area contributed by atoms with Crippen LogP contribution in [0.25, 0.3) is 0 Å². The van der Waals surface area contributed by atoms with Crippen molar-refractivity contribution in [3.05, 3.63) is 35.1 Å². The van der Waals surface area contributed by atoms with Crippen LogP contribution >= 0.6 is 0 Å². The lowest BCUT2D eigenvalue weighted by atomic mass is 9.83. The summed E-state index contributed by atoms with van der Waals surface area (Å²) in [6, 6.07) is 5.72. The Hall–Kier alpha value is -0.930. The van der Waals surface area contributed by atoms with Gasteiger partial charge < -0.3 is 10.2 Å². The van der Waals surface area contributed by atoms with Crippen LogP contribution in [0.2, 0.25) is 0 Å². The smallest absolute Gasteiger partial charge is 0.126 e. The summed E-state index contributed by atoms with van der Waals surface area (Å²) in [5.74, 6) is -0.122. The monoisotopic (exact) mass is 280 g/mol. The highest BCUT2D eigenvalue weighted by molar-refractivity contribution is 5.28. The first kappa shape index (κ1) is 17.1. The van der Waals surface area contributed by atoms with Crippen molar-refractivity contribution in [3.63, 3.8) is 0 Å². The lowest BCUT2D eigenvalue weighted by Gasteiger charge is -2.43. The van der Waals surface area contributed by atoms with Crippen molar-refractivity contribution in [1.82, 2.24) is 10.2 Å². The Labute approximate surface area is 123 Å². The molecular formula is C17H29FN2. The van der Waals surface area contributed by atoms with E-state index in [1.807, 2.05) is 12.1 Å². The maximum atomic E-state index is 13.9. The van der Waals surface area contributed by atoms with Crippen molar-refractivity contribution in [2.24, 2.45) is 0 Å². The van der Waals surface area contributed by atoms with E-state index in [-0.39, 0.29) is 17.4 Å². The molecule has 1 aromatic rings. The third-order valence-corrected chi connectivity index (χ3v) is 4.49. The van der Waals surface area contributed by atoms with Crippen molar-refractivity contribution >= 4 is 0 Å². The van der Waals surface area contributed by atoms with Gasteiger partial charge in [-0.1, -0.05) is 26.0 Å². The van der Waals surface area contributed by atoms with Crippen LogP contribution in [0.15, 0.2) is 18.2 Å². The maximum absolute atomic E-state index is 13.9. The summed E-state index contributed by atoms with van der Waals surface area (Å²) in [6.07, 6.45) is 2.06. The minimum atomic E-state index is -0.122. The van der Waals surface area contributed by atoms with Crippen LogP contribution < -0.4 is 5.32 Å². The highest BCUT2D eigenvalue weighted by atomic mass is 19.1. The highest BCUT2D eigenvalue weighted by Crippen LogP contribution is 2.33. The molecule has 20 heavy (non-hydrogen) atoms. The Morgan fingerprint density at radius 2 is 1.95 bits per heavy atom. The fourth-order valence-electron chi connectivity index (χ4n) is 2.55. The molecule has 114 valence electrons. The van der Waals surface area contributed by atoms with Crippen molar-refractivity contribution in [1.29, 1.82) is 0 Å². The van der Waals surface area contributed by atoms with Crippen molar-refractivity contribution in [2.75, 3.05) is 20.6 Å². The van der Waals surface area contributed by atoms with E-state index in [1.54, 1.807) is 13.0 Å². The zero-order valence-electron chi connectivity index (χ0n) is 13.8. The van der Waals surface area contributed by atoms with Gasteiger partial charge in [0.1, 0.15) is 5.82 Å². The average molecular weight is 280 g/mol. The van der Waals surface area contributed by atoms with Gasteiger partial charge in [0, 0.05) is 5.54 Å². The Morgan fingerprint density at radius 3 is 2.40 bits per heavy atom. The molecule has 0 amide bonds. The Morgan fingerprint density at radius 1 is 1.30 bits per heavy atom. The third-order valence-electron chi connectivity index (χ3n) is 4.49. The molecule has 0 spiro atoms. The largest absolute Gasteiger partial charge is 0.308 e. The number of hydrogen-bond donors (Lipinski definition) is 1. The van der Waals surface area contributed by atoms with Crippen LogP contribution in [0.3, 0.4) is 0 Å². The van der Waals surface area contributed by atoms with E-state index in [4.69, 9.17) is 0 Å². The van der Waals surface area contributed by atoms with E-state index in [2.05, 4.69) is 45.1 Å². The molecule has 0 saturated carbocycles. The minimum Gasteiger partial charge on any atom is -0.308 e. The predicted molar refractivity (Wildman–Crippen MR) is 84.6 cm³/mol. The molecule has 0 aliphatic carbocycles. The normalized spacial score (nSPS) is 16.2. The second kappa shape index (κ2) is 7.19. The molecule has 2 atom stereocenters. The van der Waals surface area contributed by atoms with Crippen LogP contribution in [-0.2, 0) is 0 Å². The van der Waals surface area contributed by atoms with E-state index in [9.17, 15) is 4.39 Å². The SMILES string of the molecule is CCCNC(c1ccc(C)c(F)c1)C(C)(CC)N(C)C. The molecule has 0 heterocycles. The summed E-state index contributed by atoms with van der Waals surface area (Å²) < 4.78 is 13.9. The maximum Gasteiger partial charge on any atom is 0.126 e. The first-order valence-corrected chi connectivity index (χ1v) is 7.53. The second-order valence-corrected chi connectivity index (χ2v) is 6.00. The number of rotatable bonds is 7. The number of halogens is 1. The fraction of sp³-hybridized carbons (Fsp3) is 0.647. The molecule has 1 rings (SSSR count). The summed E-state index contributed by atoms with van der Waals surface area (Å²) >= 11 is 0. The third kappa shape index (κ3) is 3.58. The summed E-state index contributed by atoms with van der Waals surface area (Å²) in [6.45, 7) is 9.31. The van der Waals surface area contributed by atoms with Crippen LogP contribution in [0.1, 0.15) is 50.8 Å². The molecule has 2 unspecified atom stereocenters. The number of benzene rings is 1. The lowest BCUT2D eigenvalue weighted by molar-refractivity contribution is 0.112. The topological polar surface area (TPSA) is 15.3 Å². The molecule has 0 fully saturated rings. The molecule has 2 nitrogen and oxygen atoms in total. The van der Waals surface area contributed by atoms with E-state index in [0.717, 1.165) is 24.9 Å². The number of likely N-dealkylation sites (N-methyl/N-ethyl adjacent to an activating group) is 1. The van der Waals surface area contributed by atoms with Gasteiger partial charge in [0.2, 0.25) is 0 Å². The van der Waals surface area contributed by atoms with Crippen molar-refractivity contribution < 1.29 is 4.39 Å². The summed E-state index contributed by atoms with van der Waals surface area (Å²) in [7, 11) is 4.18. The second-order valence-electron chi connectivity index (χ2n) is 6.00. The number of nitrogens with zero attached hydrogens (tertiary/aromatic N) is 1. The first-order chi connectivity index (χ1) is 9.36. The van der Waals surface area contributed by atoms with Crippen LogP contribution in [-0.4, -0.2) is 31.1 Å². The van der Waals surface area contributed by atoms with Crippen LogP contribution in [0, 0.1) is 12.7 Å². The van der Waals surface area contributed by atoms with Gasteiger partial charge in [-0.25, -0.2) is 4.39 Å². The fourth-order valence-corrected chi connectivity index (χ4v) is 2.55. The van der Waals surface area contributed by atoms with Crippen LogP contribution in [0.5, 0.6) is 0 Å². The van der Waals surface area contributed by atoms with E-state index in [1.165, 1.54) is 0 Å². The zero-order valence-corrected chi connectivity index (χ0v) is 13.8. The average Bonchev–Trinajstić information content (AvgIpc) is 2.42. The van der Waals surface area contributed by atoms with Gasteiger partial charge in [-0.05, 0) is 64.5 Å². The van der Waals surface area contributed by atoms with Crippen molar-refractivity contribution in [3.8, 4) is 0 Å². The summed E-state index contributed by atoms with van der Waals surface area (Å²) in [5.41, 5.74) is 1.68. The molecule has 0 saturated heterocycles. The standard InChI is InChI=1S/C17H29FN2/c1-7-11-19-16(17(4,8-2)20(5)6)14-10-9-13(3)15(18)12-14/h9-10,12,16,19H,7-8,11H2,1-6H3. The van der Waals surface area contributed by atoms with Gasteiger partial charge in [0.15, 0.2) is 0 Å². The van der Waals surface area contributed by atoms with Gasteiger partial charge in [-0.3, -0.25) is 0 Å². The quantitative estimate of drug-likeness (QED) is 0.815. The molecule has 3 heteroatoms. The van der Waals surface area contributed by atoms with Crippen LogP contribution in [0.4, 0.5) is 4.39 Å². The van der Waals surface area contributed by atoms with Gasteiger partial charge in [0.05, 0.1) is 6.04 Å². The van der Waals surface area contributed by atoms with Gasteiger partial charge >= 0.3 is 0 Å². The predicted octanol–water partition coefficient (Wildman–Crippen LogP) is 3.91. The molecule has 0 radical (unpaired) electrons. The first-order valence-electron chi connectivity index (χ1n) is 7.53.